The largest absolute Gasteiger partial charge is 0.391 e. The third-order valence-corrected chi connectivity index (χ3v) is 4.51. The van der Waals surface area contributed by atoms with Crippen molar-refractivity contribution in [2.45, 2.75) is 38.7 Å². The summed E-state index contributed by atoms with van der Waals surface area (Å²) < 4.78 is 0. The molecular weight excluding hydrogens is 312 g/mol. The highest BCUT2D eigenvalue weighted by Gasteiger charge is 2.27. The quantitative estimate of drug-likeness (QED) is 0.880. The predicted molar refractivity (Wildman–Crippen MR) is 91.9 cm³/mol. The minimum atomic E-state index is -0.557. The van der Waals surface area contributed by atoms with Gasteiger partial charge < -0.3 is 10.4 Å². The van der Waals surface area contributed by atoms with Gasteiger partial charge in [-0.05, 0) is 43.0 Å². The van der Waals surface area contributed by atoms with Crippen molar-refractivity contribution in [3.8, 4) is 0 Å². The Morgan fingerprint density at radius 1 is 1.39 bits per heavy atom. The average Bonchev–Trinajstić information content (AvgIpc) is 3.35. The van der Waals surface area contributed by atoms with Gasteiger partial charge in [-0.25, -0.2) is 0 Å². The monoisotopic (exact) mass is 332 g/mol. The Labute approximate surface area is 140 Å². The highest BCUT2D eigenvalue weighted by molar-refractivity contribution is 6.31. The van der Waals surface area contributed by atoms with Crippen molar-refractivity contribution in [3.63, 3.8) is 0 Å². The van der Waals surface area contributed by atoms with E-state index >= 15 is 0 Å². The summed E-state index contributed by atoms with van der Waals surface area (Å²) in [5, 5.41) is 14.0. The van der Waals surface area contributed by atoms with Gasteiger partial charge in [0.25, 0.3) is 5.91 Å². The maximum Gasteiger partial charge on any atom is 0.252 e. The van der Waals surface area contributed by atoms with E-state index in [4.69, 9.17) is 11.6 Å². The Kier molecular flexibility index (Phi) is 4.55. The predicted octanol–water partition coefficient (Wildman–Crippen LogP) is 3.51. The molecule has 1 fully saturated rings. The van der Waals surface area contributed by atoms with Gasteiger partial charge in [-0.3, -0.25) is 9.78 Å². The summed E-state index contributed by atoms with van der Waals surface area (Å²) in [4.78, 5) is 17.3. The van der Waals surface area contributed by atoms with Gasteiger partial charge in [-0.1, -0.05) is 25.4 Å². The molecule has 0 spiro atoms. The minimum Gasteiger partial charge on any atom is -0.391 e. The summed E-state index contributed by atoms with van der Waals surface area (Å²) in [6.45, 7) is 4.08. The van der Waals surface area contributed by atoms with Crippen LogP contribution in [0.2, 0.25) is 5.02 Å². The van der Waals surface area contributed by atoms with E-state index in [0.717, 1.165) is 29.4 Å². The van der Waals surface area contributed by atoms with Crippen LogP contribution in [0.3, 0.4) is 0 Å². The number of nitrogens with one attached hydrogen (secondary N) is 1. The van der Waals surface area contributed by atoms with Crippen LogP contribution in [0, 0.1) is 5.92 Å². The average molecular weight is 333 g/mol. The standard InChI is InChI=1S/C18H21ClN2O2/c1-10(2)17(22)9-20-18(23)14-8-16(11-3-4-11)21-15-6-5-12(19)7-13(14)15/h5-8,10-11,17,22H,3-4,9H2,1-2H3,(H,20,23). The number of aliphatic hydroxyl groups excluding tert-OH is 1. The molecule has 1 atom stereocenters. The van der Waals surface area contributed by atoms with E-state index in [1.807, 2.05) is 26.0 Å². The smallest absolute Gasteiger partial charge is 0.252 e. The number of benzene rings is 1. The van der Waals surface area contributed by atoms with Crippen molar-refractivity contribution in [2.75, 3.05) is 6.54 Å². The first-order valence-electron chi connectivity index (χ1n) is 8.02. The van der Waals surface area contributed by atoms with Crippen LogP contribution in [0.1, 0.15) is 48.7 Å². The Balaban J connectivity index is 1.93. The highest BCUT2D eigenvalue weighted by atomic mass is 35.5. The second-order valence-electron chi connectivity index (χ2n) is 6.55. The maximum atomic E-state index is 12.6. The van der Waals surface area contributed by atoms with E-state index in [1.54, 1.807) is 12.1 Å². The van der Waals surface area contributed by atoms with E-state index < -0.39 is 6.10 Å². The normalized spacial score (nSPS) is 15.9. The molecular formula is C18H21ClN2O2. The fourth-order valence-corrected chi connectivity index (χ4v) is 2.69. The van der Waals surface area contributed by atoms with E-state index in [9.17, 15) is 9.90 Å². The molecule has 0 aliphatic heterocycles. The Morgan fingerprint density at radius 2 is 2.13 bits per heavy atom. The molecule has 0 bridgehead atoms. The summed E-state index contributed by atoms with van der Waals surface area (Å²) in [7, 11) is 0. The number of aliphatic hydroxyl groups is 1. The van der Waals surface area contributed by atoms with Crippen molar-refractivity contribution < 1.29 is 9.90 Å². The van der Waals surface area contributed by atoms with Crippen LogP contribution in [0.4, 0.5) is 0 Å². The van der Waals surface area contributed by atoms with Crippen molar-refractivity contribution >= 4 is 28.4 Å². The van der Waals surface area contributed by atoms with E-state index in [0.29, 0.717) is 16.5 Å². The number of hydrogen-bond donors (Lipinski definition) is 2. The molecule has 0 radical (unpaired) electrons. The third kappa shape index (κ3) is 3.65. The SMILES string of the molecule is CC(C)C(O)CNC(=O)c1cc(C2CC2)nc2ccc(Cl)cc12. The molecule has 122 valence electrons. The fourth-order valence-electron chi connectivity index (χ4n) is 2.52. The molecule has 2 aromatic rings. The maximum absolute atomic E-state index is 12.6. The Hall–Kier alpha value is -1.65. The number of hydrogen-bond acceptors (Lipinski definition) is 3. The molecule has 1 aromatic heterocycles. The first kappa shape index (κ1) is 16.2. The van der Waals surface area contributed by atoms with Gasteiger partial charge in [0.15, 0.2) is 0 Å². The Morgan fingerprint density at radius 3 is 2.78 bits per heavy atom. The molecule has 2 N–H and O–H groups in total. The summed E-state index contributed by atoms with van der Waals surface area (Å²) in [6, 6.07) is 7.28. The van der Waals surface area contributed by atoms with Crippen molar-refractivity contribution in [3.05, 3.63) is 40.5 Å². The molecule has 1 saturated carbocycles. The molecule has 1 unspecified atom stereocenters. The fraction of sp³-hybridized carbons (Fsp3) is 0.444. The summed E-state index contributed by atoms with van der Waals surface area (Å²) >= 11 is 6.08. The van der Waals surface area contributed by atoms with Crippen molar-refractivity contribution in [2.24, 2.45) is 5.92 Å². The molecule has 1 aliphatic carbocycles. The first-order valence-corrected chi connectivity index (χ1v) is 8.40. The van der Waals surface area contributed by atoms with Crippen molar-refractivity contribution in [1.29, 1.82) is 0 Å². The first-order chi connectivity index (χ1) is 11.0. The zero-order valence-electron chi connectivity index (χ0n) is 13.3. The van der Waals surface area contributed by atoms with Gasteiger partial charge in [-0.2, -0.15) is 0 Å². The topological polar surface area (TPSA) is 62.2 Å². The van der Waals surface area contributed by atoms with Gasteiger partial charge in [0, 0.05) is 28.6 Å². The number of nitrogens with zero attached hydrogens (tertiary/aromatic N) is 1. The van der Waals surface area contributed by atoms with Crippen LogP contribution in [0.15, 0.2) is 24.3 Å². The third-order valence-electron chi connectivity index (χ3n) is 4.27. The van der Waals surface area contributed by atoms with Gasteiger partial charge in [0.2, 0.25) is 0 Å². The summed E-state index contributed by atoms with van der Waals surface area (Å²) in [6.07, 6.45) is 1.69. The molecule has 1 aliphatic rings. The second-order valence-corrected chi connectivity index (χ2v) is 6.99. The van der Waals surface area contributed by atoms with Gasteiger partial charge in [-0.15, -0.1) is 0 Å². The number of aromatic nitrogens is 1. The molecule has 5 heteroatoms. The summed E-state index contributed by atoms with van der Waals surface area (Å²) in [5.41, 5.74) is 2.33. The highest BCUT2D eigenvalue weighted by Crippen LogP contribution is 2.40. The number of rotatable bonds is 5. The lowest BCUT2D eigenvalue weighted by Gasteiger charge is -2.16. The number of amides is 1. The lowest BCUT2D eigenvalue weighted by atomic mass is 10.0. The molecule has 1 amide bonds. The van der Waals surface area contributed by atoms with Crippen LogP contribution in [-0.2, 0) is 0 Å². The van der Waals surface area contributed by atoms with E-state index in [1.165, 1.54) is 0 Å². The van der Waals surface area contributed by atoms with Gasteiger partial charge in [0.05, 0.1) is 17.2 Å². The number of carbonyl (C=O) groups excluding carboxylic acids is 1. The molecule has 0 saturated heterocycles. The lowest BCUT2D eigenvalue weighted by molar-refractivity contribution is 0.0873. The molecule has 3 rings (SSSR count). The zero-order valence-corrected chi connectivity index (χ0v) is 14.1. The molecule has 23 heavy (non-hydrogen) atoms. The van der Waals surface area contributed by atoms with Gasteiger partial charge >= 0.3 is 0 Å². The van der Waals surface area contributed by atoms with Crippen molar-refractivity contribution in [1.82, 2.24) is 10.3 Å². The molecule has 1 aromatic carbocycles. The van der Waals surface area contributed by atoms with Crippen LogP contribution in [0.5, 0.6) is 0 Å². The van der Waals surface area contributed by atoms with E-state index in [2.05, 4.69) is 10.3 Å². The van der Waals surface area contributed by atoms with E-state index in [-0.39, 0.29) is 18.4 Å². The number of fused-ring (bicyclic) bond motifs is 1. The molecule has 4 nitrogen and oxygen atoms in total. The minimum absolute atomic E-state index is 0.0981. The number of pyridine rings is 1. The second kappa shape index (κ2) is 6.46. The Bertz CT molecular complexity index is 741. The van der Waals surface area contributed by atoms with Crippen LogP contribution >= 0.6 is 11.6 Å². The van der Waals surface area contributed by atoms with Gasteiger partial charge in [0.1, 0.15) is 0 Å². The summed E-state index contributed by atoms with van der Waals surface area (Å²) in [5.74, 6) is 0.366. The lowest BCUT2D eigenvalue weighted by Crippen LogP contribution is -2.34. The van der Waals surface area contributed by atoms with Crippen LogP contribution < -0.4 is 5.32 Å². The van der Waals surface area contributed by atoms with Crippen LogP contribution in [-0.4, -0.2) is 28.6 Å². The zero-order chi connectivity index (χ0) is 16.6. The number of carbonyl (C=O) groups is 1. The van der Waals surface area contributed by atoms with Crippen LogP contribution in [0.25, 0.3) is 10.9 Å². The molecule has 1 heterocycles. The number of halogens is 1.